The van der Waals surface area contributed by atoms with E-state index in [-0.39, 0.29) is 23.9 Å². The van der Waals surface area contributed by atoms with E-state index in [0.29, 0.717) is 29.3 Å². The minimum absolute atomic E-state index is 0.0631. The Morgan fingerprint density at radius 2 is 1.82 bits per heavy atom. The van der Waals surface area contributed by atoms with E-state index in [9.17, 15) is 13.2 Å². The lowest BCUT2D eigenvalue weighted by Gasteiger charge is -2.15. The molecule has 0 radical (unpaired) electrons. The van der Waals surface area contributed by atoms with Gasteiger partial charge in [0, 0.05) is 37.9 Å². The van der Waals surface area contributed by atoms with Crippen molar-refractivity contribution in [3.63, 3.8) is 0 Å². The Morgan fingerprint density at radius 3 is 2.53 bits per heavy atom. The largest absolute Gasteiger partial charge is 0.416 e. The quantitative estimate of drug-likeness (QED) is 0.439. The van der Waals surface area contributed by atoms with E-state index < -0.39 is 11.7 Å². The first-order chi connectivity index (χ1) is 16.5. The lowest BCUT2D eigenvalue weighted by molar-refractivity contribution is -0.138. The lowest BCUT2D eigenvalue weighted by atomic mass is 10.1. The Labute approximate surface area is 190 Å². The van der Waals surface area contributed by atoms with Crippen LogP contribution >= 0.6 is 0 Å². The Bertz CT molecular complexity index is 1280. The lowest BCUT2D eigenvalue weighted by Crippen LogP contribution is -2.23. The zero-order valence-corrected chi connectivity index (χ0v) is 17.6. The number of hydrogen-bond donors (Lipinski definition) is 2. The topological polar surface area (TPSA) is 122 Å². The van der Waals surface area contributed by atoms with Crippen LogP contribution in [-0.4, -0.2) is 48.7 Å². The van der Waals surface area contributed by atoms with Crippen LogP contribution in [0.5, 0.6) is 0 Å². The fourth-order valence-electron chi connectivity index (χ4n) is 4.61. The number of alkyl halides is 3. The number of anilines is 2. The molecule has 174 valence electrons. The maximum absolute atomic E-state index is 13.1. The van der Waals surface area contributed by atoms with Gasteiger partial charge in [-0.05, 0) is 23.5 Å². The third-order valence-corrected chi connectivity index (χ3v) is 6.31. The third-order valence-electron chi connectivity index (χ3n) is 6.31. The van der Waals surface area contributed by atoms with Gasteiger partial charge in [0.15, 0.2) is 0 Å². The van der Waals surface area contributed by atoms with Crippen LogP contribution in [0.15, 0.2) is 47.3 Å². The summed E-state index contributed by atoms with van der Waals surface area (Å²) < 4.78 is 45.2. The first-order valence-electron chi connectivity index (χ1n) is 10.6. The van der Waals surface area contributed by atoms with Crippen molar-refractivity contribution in [3.8, 4) is 11.5 Å². The van der Waals surface area contributed by atoms with E-state index in [1.807, 2.05) is 0 Å². The van der Waals surface area contributed by atoms with Crippen molar-refractivity contribution in [1.82, 2.24) is 35.6 Å². The SMILES string of the molecule is FC(F)(F)c1ccccc1CNc1ncc(-c2nnc(N3C[C@@H]4C(c5cn[nH]n5)[C@@H]4C3)o2)cn1. The number of aromatic amines is 1. The van der Waals surface area contributed by atoms with Gasteiger partial charge in [-0.3, -0.25) is 0 Å². The molecule has 1 aliphatic carbocycles. The van der Waals surface area contributed by atoms with Crippen LogP contribution in [0.1, 0.15) is 22.7 Å². The Balaban J connectivity index is 1.08. The van der Waals surface area contributed by atoms with Crippen molar-refractivity contribution >= 4 is 12.0 Å². The molecule has 13 heteroatoms. The Morgan fingerprint density at radius 1 is 1.06 bits per heavy atom. The van der Waals surface area contributed by atoms with Crippen LogP contribution in [0.4, 0.5) is 25.1 Å². The van der Waals surface area contributed by atoms with Crippen molar-refractivity contribution in [3.05, 3.63) is 59.7 Å². The molecular formula is C21H18F3N9O. The minimum Gasteiger partial charge on any atom is -0.403 e. The highest BCUT2D eigenvalue weighted by Gasteiger charge is 2.58. The predicted octanol–water partition coefficient (Wildman–Crippen LogP) is 3.13. The summed E-state index contributed by atoms with van der Waals surface area (Å²) in [4.78, 5) is 10.4. The standard InChI is InChI=1S/C21H18F3N9O/c22-21(23,24)15-4-2-1-3-11(15)5-25-19-26-6-12(7-27-19)18-30-31-20(34-18)33-9-13-14(10-33)17(13)16-8-28-32-29-16/h1-4,6-8,13-14,17H,5,9-10H2,(H,25,26,27)(H,28,29,32)/t13-,14+,17?. The Kier molecular flexibility index (Phi) is 4.71. The predicted molar refractivity (Wildman–Crippen MR) is 112 cm³/mol. The molecule has 3 atom stereocenters. The molecule has 2 aliphatic rings. The number of rotatable bonds is 6. The van der Waals surface area contributed by atoms with Gasteiger partial charge in [0.2, 0.25) is 5.95 Å². The monoisotopic (exact) mass is 469 g/mol. The molecule has 1 unspecified atom stereocenters. The van der Waals surface area contributed by atoms with Gasteiger partial charge in [0.1, 0.15) is 0 Å². The van der Waals surface area contributed by atoms with Gasteiger partial charge < -0.3 is 14.6 Å². The molecular weight excluding hydrogens is 451 g/mol. The number of nitrogens with zero attached hydrogens (tertiary/aromatic N) is 7. The number of H-pyrrole nitrogens is 1. The number of benzene rings is 1. The molecule has 4 heterocycles. The zero-order valence-electron chi connectivity index (χ0n) is 17.6. The van der Waals surface area contributed by atoms with Gasteiger partial charge in [-0.15, -0.1) is 5.10 Å². The van der Waals surface area contributed by atoms with Crippen LogP contribution in [-0.2, 0) is 12.7 Å². The highest BCUT2D eigenvalue weighted by atomic mass is 19.4. The molecule has 1 aliphatic heterocycles. The maximum atomic E-state index is 13.1. The second kappa shape index (κ2) is 7.78. The summed E-state index contributed by atoms with van der Waals surface area (Å²) in [5.41, 5.74) is 0.932. The van der Waals surface area contributed by atoms with Gasteiger partial charge in [-0.25, -0.2) is 9.97 Å². The molecule has 10 nitrogen and oxygen atoms in total. The molecule has 0 amide bonds. The van der Waals surface area contributed by atoms with E-state index in [0.717, 1.165) is 24.8 Å². The van der Waals surface area contributed by atoms with Crippen molar-refractivity contribution in [2.45, 2.75) is 18.6 Å². The van der Waals surface area contributed by atoms with Crippen LogP contribution in [0.2, 0.25) is 0 Å². The highest BCUT2D eigenvalue weighted by molar-refractivity contribution is 5.52. The molecule has 2 N–H and O–H groups in total. The van der Waals surface area contributed by atoms with Crippen LogP contribution in [0.3, 0.4) is 0 Å². The molecule has 2 fully saturated rings. The maximum Gasteiger partial charge on any atom is 0.416 e. The first kappa shape index (κ1) is 20.6. The summed E-state index contributed by atoms with van der Waals surface area (Å²) >= 11 is 0. The third kappa shape index (κ3) is 3.72. The van der Waals surface area contributed by atoms with Crippen molar-refractivity contribution in [1.29, 1.82) is 0 Å². The van der Waals surface area contributed by atoms with Crippen LogP contribution in [0, 0.1) is 11.8 Å². The van der Waals surface area contributed by atoms with Crippen molar-refractivity contribution in [2.24, 2.45) is 11.8 Å². The average Bonchev–Trinajstić information content (AvgIpc) is 3.37. The molecule has 6 rings (SSSR count). The average molecular weight is 469 g/mol. The molecule has 3 aromatic heterocycles. The number of nitrogens with one attached hydrogen (secondary N) is 2. The Hall–Kier alpha value is -4.03. The van der Waals surface area contributed by atoms with Crippen LogP contribution in [0.25, 0.3) is 11.5 Å². The number of hydrogen-bond acceptors (Lipinski definition) is 9. The van der Waals surface area contributed by atoms with Gasteiger partial charge in [0.05, 0.1) is 23.0 Å². The fourth-order valence-corrected chi connectivity index (χ4v) is 4.61. The van der Waals surface area contributed by atoms with Gasteiger partial charge in [-0.1, -0.05) is 23.3 Å². The first-order valence-corrected chi connectivity index (χ1v) is 10.6. The smallest absolute Gasteiger partial charge is 0.403 e. The van der Waals surface area contributed by atoms with Crippen LogP contribution < -0.4 is 10.2 Å². The molecule has 0 bridgehead atoms. The normalized spacial score (nSPS) is 21.5. The summed E-state index contributed by atoms with van der Waals surface area (Å²) in [6.07, 6.45) is 0.325. The summed E-state index contributed by atoms with van der Waals surface area (Å²) in [6, 6.07) is 5.82. The van der Waals surface area contributed by atoms with E-state index >= 15 is 0 Å². The van der Waals surface area contributed by atoms with E-state index in [2.05, 4.69) is 45.8 Å². The molecule has 4 aromatic rings. The zero-order chi connectivity index (χ0) is 23.3. The number of fused-ring (bicyclic) bond motifs is 1. The number of piperidine rings is 1. The fraction of sp³-hybridized carbons (Fsp3) is 0.333. The summed E-state index contributed by atoms with van der Waals surface area (Å²) in [5, 5.41) is 21.8. The molecule has 0 spiro atoms. The van der Waals surface area contributed by atoms with Gasteiger partial charge in [0.25, 0.3) is 5.89 Å². The number of aromatic nitrogens is 7. The molecule has 1 saturated carbocycles. The summed E-state index contributed by atoms with van der Waals surface area (Å²) in [6.45, 7) is 1.55. The van der Waals surface area contributed by atoms with Gasteiger partial charge in [-0.2, -0.15) is 28.6 Å². The second-order valence-electron chi connectivity index (χ2n) is 8.35. The summed E-state index contributed by atoms with van der Waals surface area (Å²) in [5.74, 6) is 1.89. The molecule has 34 heavy (non-hydrogen) atoms. The molecule has 1 saturated heterocycles. The van der Waals surface area contributed by atoms with E-state index in [1.165, 1.54) is 24.5 Å². The van der Waals surface area contributed by atoms with E-state index in [4.69, 9.17) is 4.42 Å². The van der Waals surface area contributed by atoms with E-state index in [1.54, 1.807) is 12.3 Å². The highest BCUT2D eigenvalue weighted by Crippen LogP contribution is 2.58. The number of halogens is 3. The second-order valence-corrected chi connectivity index (χ2v) is 8.35. The molecule has 1 aromatic carbocycles. The summed E-state index contributed by atoms with van der Waals surface area (Å²) in [7, 11) is 0. The van der Waals surface area contributed by atoms with Gasteiger partial charge >= 0.3 is 12.2 Å². The minimum atomic E-state index is -4.43. The van der Waals surface area contributed by atoms with Crippen molar-refractivity contribution in [2.75, 3.05) is 23.3 Å². The van der Waals surface area contributed by atoms with Crippen molar-refractivity contribution < 1.29 is 17.6 Å².